The van der Waals surface area contributed by atoms with Crippen molar-refractivity contribution in [1.29, 1.82) is 0 Å². The number of hydrogen-bond donors (Lipinski definition) is 1. The molecule has 0 aliphatic heterocycles. The van der Waals surface area contributed by atoms with Crippen molar-refractivity contribution in [3.63, 3.8) is 0 Å². The maximum Gasteiger partial charge on any atom is 0.141 e. The number of benzene rings is 1. The smallest absolute Gasteiger partial charge is 0.141 e. The van der Waals surface area contributed by atoms with Crippen molar-refractivity contribution < 1.29 is 4.74 Å². The molecule has 0 aliphatic rings. The normalized spacial score (nSPS) is 13.5. The van der Waals surface area contributed by atoms with Gasteiger partial charge in [-0.15, -0.1) is 12.4 Å². The van der Waals surface area contributed by atoms with Crippen molar-refractivity contribution in [2.24, 2.45) is 5.73 Å². The number of hydrogen-bond acceptors (Lipinski definition) is 2. The molecule has 0 aromatic heterocycles. The summed E-state index contributed by atoms with van der Waals surface area (Å²) in [5, 5.41) is 0.710. The van der Waals surface area contributed by atoms with E-state index >= 15 is 0 Å². The van der Waals surface area contributed by atoms with Crippen LogP contribution in [0.15, 0.2) is 12.1 Å². The molecule has 0 saturated carbocycles. The predicted octanol–water partition coefficient (Wildman–Crippen LogP) is 4.95. The van der Waals surface area contributed by atoms with E-state index < -0.39 is 0 Å². The molecule has 0 aliphatic carbocycles. The quantitative estimate of drug-likeness (QED) is 0.771. The van der Waals surface area contributed by atoms with Gasteiger partial charge in [0.2, 0.25) is 0 Å². The zero-order valence-electron chi connectivity index (χ0n) is 12.9. The van der Waals surface area contributed by atoms with Crippen molar-refractivity contribution in [3.8, 4) is 5.75 Å². The standard InChI is InChI=1S/C16H26ClNO.ClH/c1-5-7-19-16-14(11(3)6-2)9-13(8-12(4)18)10-15(16)17;/h9-12H,5-8,18H2,1-4H3;1H. The monoisotopic (exact) mass is 319 g/mol. The average Bonchev–Trinajstić information content (AvgIpc) is 2.35. The summed E-state index contributed by atoms with van der Waals surface area (Å²) in [7, 11) is 0. The average molecular weight is 320 g/mol. The first-order valence-electron chi connectivity index (χ1n) is 7.20. The molecule has 0 heterocycles. The van der Waals surface area contributed by atoms with Crippen molar-refractivity contribution in [2.45, 2.75) is 58.9 Å². The Hall–Kier alpha value is -0.440. The summed E-state index contributed by atoms with van der Waals surface area (Å²) >= 11 is 6.39. The van der Waals surface area contributed by atoms with Gasteiger partial charge in [0.1, 0.15) is 5.75 Å². The second-order valence-corrected chi connectivity index (χ2v) is 5.74. The van der Waals surface area contributed by atoms with Gasteiger partial charge in [-0.05, 0) is 49.3 Å². The maximum atomic E-state index is 6.39. The summed E-state index contributed by atoms with van der Waals surface area (Å²) in [5.74, 6) is 1.30. The molecule has 4 heteroatoms. The van der Waals surface area contributed by atoms with Crippen LogP contribution in [0.2, 0.25) is 5.02 Å². The van der Waals surface area contributed by atoms with Crippen LogP contribution in [-0.4, -0.2) is 12.6 Å². The molecule has 2 unspecified atom stereocenters. The van der Waals surface area contributed by atoms with Crippen LogP contribution >= 0.6 is 24.0 Å². The van der Waals surface area contributed by atoms with E-state index in [2.05, 4.69) is 26.8 Å². The van der Waals surface area contributed by atoms with E-state index in [9.17, 15) is 0 Å². The molecule has 1 aromatic carbocycles. The molecule has 0 saturated heterocycles. The summed E-state index contributed by atoms with van der Waals surface area (Å²) < 4.78 is 5.84. The molecule has 0 fully saturated rings. The Morgan fingerprint density at radius 3 is 2.40 bits per heavy atom. The van der Waals surface area contributed by atoms with E-state index in [-0.39, 0.29) is 18.4 Å². The van der Waals surface area contributed by atoms with Gasteiger partial charge < -0.3 is 10.5 Å². The number of rotatable bonds is 7. The summed E-state index contributed by atoms with van der Waals surface area (Å²) in [6.07, 6.45) is 2.90. The largest absolute Gasteiger partial charge is 0.492 e. The molecule has 2 atom stereocenters. The van der Waals surface area contributed by atoms with Crippen LogP contribution in [0.3, 0.4) is 0 Å². The Kier molecular flexibility index (Phi) is 9.28. The lowest BCUT2D eigenvalue weighted by Crippen LogP contribution is -2.18. The fourth-order valence-corrected chi connectivity index (χ4v) is 2.41. The van der Waals surface area contributed by atoms with Crippen LogP contribution in [0.25, 0.3) is 0 Å². The van der Waals surface area contributed by atoms with E-state index in [1.807, 2.05) is 13.0 Å². The Morgan fingerprint density at radius 2 is 1.90 bits per heavy atom. The molecule has 116 valence electrons. The van der Waals surface area contributed by atoms with Gasteiger partial charge in [0, 0.05) is 6.04 Å². The molecule has 0 bridgehead atoms. The Balaban J connectivity index is 0.00000361. The van der Waals surface area contributed by atoms with Crippen molar-refractivity contribution in [3.05, 3.63) is 28.3 Å². The number of ether oxygens (including phenoxy) is 1. The lowest BCUT2D eigenvalue weighted by atomic mass is 9.94. The molecule has 2 nitrogen and oxygen atoms in total. The molecule has 0 amide bonds. The first-order valence-corrected chi connectivity index (χ1v) is 7.58. The van der Waals surface area contributed by atoms with Gasteiger partial charge in [-0.25, -0.2) is 0 Å². The molecule has 0 radical (unpaired) electrons. The molecule has 2 N–H and O–H groups in total. The molecule has 0 spiro atoms. The summed E-state index contributed by atoms with van der Waals surface area (Å²) in [6.45, 7) is 9.20. The highest BCUT2D eigenvalue weighted by Gasteiger charge is 2.16. The van der Waals surface area contributed by atoms with E-state index in [0.717, 1.165) is 25.0 Å². The summed E-state index contributed by atoms with van der Waals surface area (Å²) in [4.78, 5) is 0. The van der Waals surface area contributed by atoms with Crippen molar-refractivity contribution in [1.82, 2.24) is 0 Å². The molecule has 1 aromatic rings. The zero-order chi connectivity index (χ0) is 14.4. The van der Waals surface area contributed by atoms with Gasteiger partial charge in [-0.1, -0.05) is 38.4 Å². The predicted molar refractivity (Wildman–Crippen MR) is 90.5 cm³/mol. The maximum absolute atomic E-state index is 6.39. The SMILES string of the molecule is CCCOc1c(Cl)cc(CC(C)N)cc1C(C)CC.Cl. The number of halogens is 2. The van der Waals surface area contributed by atoms with Crippen LogP contribution in [-0.2, 0) is 6.42 Å². The fraction of sp³-hybridized carbons (Fsp3) is 0.625. The molecule has 1 rings (SSSR count). The Morgan fingerprint density at radius 1 is 1.25 bits per heavy atom. The van der Waals surface area contributed by atoms with Crippen molar-refractivity contribution in [2.75, 3.05) is 6.61 Å². The van der Waals surface area contributed by atoms with E-state index in [0.29, 0.717) is 17.5 Å². The molecular formula is C16H27Cl2NO. The summed E-state index contributed by atoms with van der Waals surface area (Å²) in [5.41, 5.74) is 8.28. The minimum absolute atomic E-state index is 0. The van der Waals surface area contributed by atoms with Crippen LogP contribution in [0.5, 0.6) is 5.75 Å². The van der Waals surface area contributed by atoms with Crippen LogP contribution in [0, 0.1) is 0 Å². The first-order chi connectivity index (χ1) is 8.99. The second-order valence-electron chi connectivity index (χ2n) is 5.34. The third kappa shape index (κ3) is 5.51. The van der Waals surface area contributed by atoms with E-state index in [1.54, 1.807) is 0 Å². The summed E-state index contributed by atoms with van der Waals surface area (Å²) in [6, 6.07) is 4.33. The van der Waals surface area contributed by atoms with Crippen LogP contribution in [0.4, 0.5) is 0 Å². The second kappa shape index (κ2) is 9.49. The zero-order valence-corrected chi connectivity index (χ0v) is 14.5. The minimum Gasteiger partial charge on any atom is -0.492 e. The molecule has 20 heavy (non-hydrogen) atoms. The van der Waals surface area contributed by atoms with E-state index in [1.165, 1.54) is 11.1 Å². The Labute approximate surface area is 134 Å². The van der Waals surface area contributed by atoms with E-state index in [4.69, 9.17) is 22.1 Å². The fourth-order valence-electron chi connectivity index (χ4n) is 2.11. The molecular weight excluding hydrogens is 293 g/mol. The Bertz CT molecular complexity index is 408. The van der Waals surface area contributed by atoms with Gasteiger partial charge in [0.25, 0.3) is 0 Å². The third-order valence-electron chi connectivity index (χ3n) is 3.28. The highest BCUT2D eigenvalue weighted by atomic mass is 35.5. The number of nitrogens with two attached hydrogens (primary N) is 1. The lowest BCUT2D eigenvalue weighted by molar-refractivity contribution is 0.312. The lowest BCUT2D eigenvalue weighted by Gasteiger charge is -2.19. The van der Waals surface area contributed by atoms with Gasteiger partial charge in [-0.3, -0.25) is 0 Å². The van der Waals surface area contributed by atoms with Gasteiger partial charge in [0.15, 0.2) is 0 Å². The van der Waals surface area contributed by atoms with Gasteiger partial charge in [0.05, 0.1) is 11.6 Å². The first kappa shape index (κ1) is 19.6. The van der Waals surface area contributed by atoms with Gasteiger partial charge in [-0.2, -0.15) is 0 Å². The van der Waals surface area contributed by atoms with Gasteiger partial charge >= 0.3 is 0 Å². The highest BCUT2D eigenvalue weighted by Crippen LogP contribution is 2.36. The minimum atomic E-state index is 0. The topological polar surface area (TPSA) is 35.2 Å². The van der Waals surface area contributed by atoms with Crippen LogP contribution in [0.1, 0.15) is 57.6 Å². The van der Waals surface area contributed by atoms with Crippen LogP contribution < -0.4 is 10.5 Å². The van der Waals surface area contributed by atoms with Crippen molar-refractivity contribution >= 4 is 24.0 Å². The third-order valence-corrected chi connectivity index (χ3v) is 3.56. The highest BCUT2D eigenvalue weighted by molar-refractivity contribution is 6.32.